The summed E-state index contributed by atoms with van der Waals surface area (Å²) >= 11 is 0. The standard InChI is InChI=1S/C6H5.C2H5.U/c1-2-4-6-5-3-1;1-2;/h1-5H;1H2,2H3;/q2*-1;+2. The molecule has 0 saturated heterocycles. The van der Waals surface area contributed by atoms with Crippen LogP contribution in [-0.2, 0) is 0 Å². The predicted octanol–water partition coefficient (Wildman–Crippen LogP) is 2.33. The molecule has 0 radical (unpaired) electrons. The molecule has 0 N–H and O–H groups in total. The second-order valence-electron chi connectivity index (χ2n) is 1.08. The summed E-state index contributed by atoms with van der Waals surface area (Å²) in [5, 5.41) is 0. The SMILES string of the molecule is [CH2-]C.[U+2].[c-]1ccccc1. The molecule has 9 heavy (non-hydrogen) atoms. The van der Waals surface area contributed by atoms with Crippen molar-refractivity contribution in [2.24, 2.45) is 0 Å². The van der Waals surface area contributed by atoms with Crippen molar-refractivity contribution in [1.82, 2.24) is 0 Å². The Kier molecular flexibility index (Phi) is 14.8. The third kappa shape index (κ3) is 8.27. The number of benzene rings is 1. The molecule has 0 heterocycles. The van der Waals surface area contributed by atoms with E-state index in [2.05, 4.69) is 13.0 Å². The van der Waals surface area contributed by atoms with Crippen molar-refractivity contribution in [3.05, 3.63) is 43.3 Å². The summed E-state index contributed by atoms with van der Waals surface area (Å²) in [6.45, 7) is 5.00. The first-order chi connectivity index (χ1) is 4.00. The van der Waals surface area contributed by atoms with Crippen molar-refractivity contribution in [3.63, 3.8) is 0 Å². The maximum Gasteiger partial charge on any atom is 2.00 e. The van der Waals surface area contributed by atoms with Gasteiger partial charge in [-0.05, 0) is 0 Å². The zero-order valence-corrected chi connectivity index (χ0v) is 9.76. The topological polar surface area (TPSA) is 0 Å². The quantitative estimate of drug-likeness (QED) is 0.634. The molecule has 0 nitrogen and oxygen atoms in total. The normalized spacial score (nSPS) is 6.00. The van der Waals surface area contributed by atoms with Crippen LogP contribution in [0.4, 0.5) is 0 Å². The Morgan fingerprint density at radius 1 is 1.00 bits per heavy atom. The Hall–Kier alpha value is 0.272. The molecule has 0 fully saturated rings. The molecule has 0 aliphatic carbocycles. The minimum Gasteiger partial charge on any atom is -0.346 e. The molecule has 1 heteroatoms. The largest absolute Gasteiger partial charge is 2.00 e. The van der Waals surface area contributed by atoms with E-state index in [-0.39, 0.29) is 31.1 Å². The molecular formula is C8H10U. The van der Waals surface area contributed by atoms with Gasteiger partial charge in [0.25, 0.3) is 0 Å². The van der Waals surface area contributed by atoms with Gasteiger partial charge in [-0.2, -0.15) is 43.3 Å². The molecule has 1 aromatic rings. The average molecular weight is 344 g/mol. The molecule has 0 aromatic heterocycles. The van der Waals surface area contributed by atoms with Gasteiger partial charge in [0.05, 0.1) is 0 Å². The van der Waals surface area contributed by atoms with Crippen LogP contribution in [0.25, 0.3) is 0 Å². The van der Waals surface area contributed by atoms with Gasteiger partial charge in [0.2, 0.25) is 0 Å². The van der Waals surface area contributed by atoms with Crippen molar-refractivity contribution in [2.45, 2.75) is 6.92 Å². The van der Waals surface area contributed by atoms with Crippen LogP contribution >= 0.6 is 0 Å². The Morgan fingerprint density at radius 2 is 1.44 bits per heavy atom. The van der Waals surface area contributed by atoms with E-state index in [0.717, 1.165) is 0 Å². The van der Waals surface area contributed by atoms with E-state index in [0.29, 0.717) is 0 Å². The smallest absolute Gasteiger partial charge is 0.346 e. The molecule has 0 spiro atoms. The molecule has 1 aromatic carbocycles. The Balaban J connectivity index is 0. The zero-order valence-electron chi connectivity index (χ0n) is 5.59. The third-order valence-electron chi connectivity index (χ3n) is 0.607. The molecule has 0 aliphatic heterocycles. The van der Waals surface area contributed by atoms with Crippen LogP contribution in [0.2, 0.25) is 0 Å². The van der Waals surface area contributed by atoms with E-state index in [9.17, 15) is 0 Å². The molecular weight excluding hydrogens is 334 g/mol. The van der Waals surface area contributed by atoms with E-state index in [1.165, 1.54) is 0 Å². The molecule has 0 bridgehead atoms. The van der Waals surface area contributed by atoms with E-state index >= 15 is 0 Å². The van der Waals surface area contributed by atoms with Crippen molar-refractivity contribution in [1.29, 1.82) is 0 Å². The monoisotopic (exact) mass is 344 g/mol. The van der Waals surface area contributed by atoms with Gasteiger partial charge >= 0.3 is 31.1 Å². The molecule has 1 rings (SSSR count). The van der Waals surface area contributed by atoms with E-state index in [4.69, 9.17) is 0 Å². The van der Waals surface area contributed by atoms with Crippen LogP contribution in [0.3, 0.4) is 0 Å². The van der Waals surface area contributed by atoms with Crippen LogP contribution in [0, 0.1) is 44.1 Å². The summed E-state index contributed by atoms with van der Waals surface area (Å²) in [7, 11) is 0. The summed E-state index contributed by atoms with van der Waals surface area (Å²) in [6, 6.07) is 12.5. The summed E-state index contributed by atoms with van der Waals surface area (Å²) in [4.78, 5) is 0. The summed E-state index contributed by atoms with van der Waals surface area (Å²) in [6.07, 6.45) is 0. The minimum absolute atomic E-state index is 0. The molecule has 0 atom stereocenters. The fourth-order valence-electron chi connectivity index (χ4n) is 0.342. The Labute approximate surface area is 81.0 Å². The van der Waals surface area contributed by atoms with Gasteiger partial charge in [0.1, 0.15) is 0 Å². The van der Waals surface area contributed by atoms with Gasteiger partial charge in [-0.25, -0.2) is 0 Å². The van der Waals surface area contributed by atoms with E-state index < -0.39 is 0 Å². The third-order valence-corrected chi connectivity index (χ3v) is 0.607. The summed E-state index contributed by atoms with van der Waals surface area (Å²) < 4.78 is 0. The average Bonchev–Trinajstić information content (AvgIpc) is 1.96. The van der Waals surface area contributed by atoms with Crippen molar-refractivity contribution >= 4 is 0 Å². The van der Waals surface area contributed by atoms with E-state index in [1.807, 2.05) is 30.3 Å². The predicted molar refractivity (Wildman–Crippen MR) is 36.3 cm³/mol. The Morgan fingerprint density at radius 3 is 1.56 bits per heavy atom. The molecule has 0 saturated carbocycles. The maximum absolute atomic E-state index is 3.25. The van der Waals surface area contributed by atoms with Gasteiger partial charge in [0.15, 0.2) is 0 Å². The van der Waals surface area contributed by atoms with Gasteiger partial charge in [-0.15, -0.1) is 0 Å². The first kappa shape index (κ1) is 12.0. The fourth-order valence-corrected chi connectivity index (χ4v) is 0.342. The molecule has 0 unspecified atom stereocenters. The maximum atomic E-state index is 3.25. The fraction of sp³-hybridized carbons (Fsp3) is 0.125. The van der Waals surface area contributed by atoms with Crippen molar-refractivity contribution < 1.29 is 31.1 Å². The van der Waals surface area contributed by atoms with Crippen LogP contribution < -0.4 is 0 Å². The second kappa shape index (κ2) is 11.1. The summed E-state index contributed by atoms with van der Waals surface area (Å²) in [5.41, 5.74) is 0. The van der Waals surface area contributed by atoms with E-state index in [1.54, 1.807) is 6.92 Å². The van der Waals surface area contributed by atoms with Crippen molar-refractivity contribution in [2.75, 3.05) is 0 Å². The van der Waals surface area contributed by atoms with Gasteiger partial charge < -0.3 is 6.92 Å². The van der Waals surface area contributed by atoms with Gasteiger partial charge in [-0.3, -0.25) is 0 Å². The van der Waals surface area contributed by atoms with Gasteiger partial charge in [-0.1, -0.05) is 0 Å². The zero-order chi connectivity index (χ0) is 6.24. The second-order valence-corrected chi connectivity index (χ2v) is 1.08. The van der Waals surface area contributed by atoms with Crippen LogP contribution in [0.5, 0.6) is 0 Å². The molecule has 46 valence electrons. The van der Waals surface area contributed by atoms with Crippen LogP contribution in [0.15, 0.2) is 30.3 Å². The minimum atomic E-state index is 0. The first-order valence-corrected chi connectivity index (χ1v) is 2.62. The van der Waals surface area contributed by atoms with Crippen LogP contribution in [-0.4, -0.2) is 0 Å². The number of hydrogen-bond acceptors (Lipinski definition) is 0. The number of hydrogen-bond donors (Lipinski definition) is 0. The van der Waals surface area contributed by atoms with Crippen LogP contribution in [0.1, 0.15) is 6.92 Å². The molecule has 0 amide bonds. The summed E-state index contributed by atoms with van der Waals surface area (Å²) in [5.74, 6) is 0. The molecule has 0 aliphatic rings. The Bertz CT molecular complexity index is 76.5. The first-order valence-electron chi connectivity index (χ1n) is 2.62. The number of rotatable bonds is 0. The van der Waals surface area contributed by atoms with Crippen molar-refractivity contribution in [3.8, 4) is 0 Å². The van der Waals surface area contributed by atoms with Gasteiger partial charge in [0, 0.05) is 0 Å².